The molecule has 1 aromatic rings. The highest BCUT2D eigenvalue weighted by Crippen LogP contribution is 2.15. The summed E-state index contributed by atoms with van der Waals surface area (Å²) in [5.74, 6) is 0. The van der Waals surface area contributed by atoms with Crippen LogP contribution in [0.3, 0.4) is 0 Å². The highest BCUT2D eigenvalue weighted by molar-refractivity contribution is 7.80. The van der Waals surface area contributed by atoms with Crippen molar-refractivity contribution in [2.45, 2.75) is 6.92 Å². The van der Waals surface area contributed by atoms with Crippen LogP contribution in [-0.2, 0) is 0 Å². The molecule has 0 aliphatic carbocycles. The zero-order chi connectivity index (χ0) is 13.5. The third kappa shape index (κ3) is 4.79. The Bertz CT molecular complexity index is 476. The number of nitro benzene ring substituents is 1. The van der Waals surface area contributed by atoms with Gasteiger partial charge in [-0.1, -0.05) is 18.2 Å². The predicted octanol–water partition coefficient (Wildman–Crippen LogP) is 1.96. The van der Waals surface area contributed by atoms with Crippen LogP contribution in [0, 0.1) is 10.1 Å². The molecule has 1 aromatic carbocycles. The highest BCUT2D eigenvalue weighted by atomic mass is 32.1. The fourth-order valence-corrected chi connectivity index (χ4v) is 1.22. The average molecular weight is 266 g/mol. The summed E-state index contributed by atoms with van der Waals surface area (Å²) in [6.45, 7) is 6.18. The van der Waals surface area contributed by atoms with E-state index in [2.05, 4.69) is 22.7 Å². The van der Waals surface area contributed by atoms with Crippen molar-refractivity contribution in [2.75, 3.05) is 12.0 Å². The van der Waals surface area contributed by atoms with Crippen molar-refractivity contribution in [3.63, 3.8) is 0 Å². The first-order valence-electron chi connectivity index (χ1n) is 5.17. The van der Waals surface area contributed by atoms with Crippen LogP contribution < -0.4 is 16.2 Å². The molecule has 0 fully saturated rings. The molecule has 0 spiro atoms. The molecule has 0 radical (unpaired) electrons. The number of thiocarbonyl (C=S) groups is 1. The van der Waals surface area contributed by atoms with Gasteiger partial charge in [0.2, 0.25) is 0 Å². The normalized spacial score (nSPS) is 9.39. The van der Waals surface area contributed by atoms with E-state index in [1.54, 1.807) is 12.1 Å². The maximum atomic E-state index is 10.6. The minimum atomic E-state index is -0.456. The molecule has 0 saturated heterocycles. The van der Waals surface area contributed by atoms with Gasteiger partial charge in [-0.25, -0.2) is 0 Å². The second-order valence-corrected chi connectivity index (χ2v) is 4.11. The van der Waals surface area contributed by atoms with Crippen LogP contribution in [0.15, 0.2) is 36.4 Å². The van der Waals surface area contributed by atoms with E-state index in [1.165, 1.54) is 12.1 Å². The van der Waals surface area contributed by atoms with Gasteiger partial charge in [0.15, 0.2) is 5.11 Å². The first-order valence-corrected chi connectivity index (χ1v) is 5.58. The number of anilines is 1. The maximum absolute atomic E-state index is 10.6. The van der Waals surface area contributed by atoms with Gasteiger partial charge in [0.05, 0.1) is 10.6 Å². The van der Waals surface area contributed by atoms with Crippen molar-refractivity contribution in [2.24, 2.45) is 0 Å². The number of nitrogens with one attached hydrogen (secondary N) is 3. The Balaban J connectivity index is 2.48. The van der Waals surface area contributed by atoms with Crippen molar-refractivity contribution >= 4 is 28.7 Å². The number of hydrogen-bond acceptors (Lipinski definition) is 4. The van der Waals surface area contributed by atoms with Gasteiger partial charge >= 0.3 is 0 Å². The Labute approximate surface area is 110 Å². The van der Waals surface area contributed by atoms with E-state index in [0.29, 0.717) is 17.3 Å². The number of benzene rings is 1. The molecule has 7 heteroatoms. The monoisotopic (exact) mass is 266 g/mol. The van der Waals surface area contributed by atoms with Gasteiger partial charge < -0.3 is 5.32 Å². The van der Waals surface area contributed by atoms with Crippen LogP contribution in [0.1, 0.15) is 6.92 Å². The lowest BCUT2D eigenvalue weighted by Gasteiger charge is -2.12. The molecular formula is C11H14N4O2S. The first-order chi connectivity index (χ1) is 8.49. The zero-order valence-corrected chi connectivity index (χ0v) is 10.7. The highest BCUT2D eigenvalue weighted by Gasteiger charge is 2.05. The number of nitrogens with zero attached hydrogens (tertiary/aromatic N) is 1. The van der Waals surface area contributed by atoms with E-state index in [0.717, 1.165) is 5.57 Å². The fraction of sp³-hybridized carbons (Fsp3) is 0.182. The van der Waals surface area contributed by atoms with Gasteiger partial charge in [-0.3, -0.25) is 21.0 Å². The lowest BCUT2D eigenvalue weighted by atomic mass is 10.3. The molecule has 0 aliphatic rings. The van der Waals surface area contributed by atoms with Gasteiger partial charge in [0, 0.05) is 18.7 Å². The van der Waals surface area contributed by atoms with Crippen molar-refractivity contribution in [3.8, 4) is 0 Å². The van der Waals surface area contributed by atoms with Gasteiger partial charge in [0.1, 0.15) is 0 Å². The number of nitro groups is 1. The summed E-state index contributed by atoms with van der Waals surface area (Å²) in [6.07, 6.45) is 0. The van der Waals surface area contributed by atoms with Crippen molar-refractivity contribution in [1.82, 2.24) is 10.7 Å². The molecule has 0 atom stereocenters. The molecule has 6 nitrogen and oxygen atoms in total. The Morgan fingerprint density at radius 3 is 2.89 bits per heavy atom. The molecule has 0 heterocycles. The maximum Gasteiger partial charge on any atom is 0.271 e. The van der Waals surface area contributed by atoms with Crippen molar-refractivity contribution in [1.29, 1.82) is 0 Å². The van der Waals surface area contributed by atoms with Gasteiger partial charge in [-0.15, -0.1) is 0 Å². The summed E-state index contributed by atoms with van der Waals surface area (Å²) in [5, 5.41) is 13.9. The quantitative estimate of drug-likeness (QED) is 0.327. The van der Waals surface area contributed by atoms with Crippen LogP contribution in [0.25, 0.3) is 0 Å². The molecule has 1 rings (SSSR count). The minimum absolute atomic E-state index is 0.0163. The van der Waals surface area contributed by atoms with Crippen LogP contribution in [0.2, 0.25) is 0 Å². The molecule has 0 saturated carbocycles. The summed E-state index contributed by atoms with van der Waals surface area (Å²) in [5.41, 5.74) is 7.03. The van der Waals surface area contributed by atoms with E-state index in [-0.39, 0.29) is 5.69 Å². The Kier molecular flexibility index (Phi) is 5.06. The SMILES string of the molecule is C=C(C)CNC(=S)NNc1cccc([N+](=O)[O-])c1. The fourth-order valence-electron chi connectivity index (χ4n) is 1.10. The Morgan fingerprint density at radius 1 is 1.56 bits per heavy atom. The van der Waals surface area contributed by atoms with Crippen molar-refractivity contribution in [3.05, 3.63) is 46.5 Å². The molecule has 0 bridgehead atoms. The molecule has 18 heavy (non-hydrogen) atoms. The van der Waals surface area contributed by atoms with E-state index in [9.17, 15) is 10.1 Å². The second-order valence-electron chi connectivity index (χ2n) is 3.70. The third-order valence-corrected chi connectivity index (χ3v) is 2.17. The number of hydrazine groups is 1. The van der Waals surface area contributed by atoms with Crippen molar-refractivity contribution < 1.29 is 4.92 Å². The van der Waals surface area contributed by atoms with Gasteiger partial charge in [-0.05, 0) is 25.2 Å². The number of hydrogen-bond donors (Lipinski definition) is 3. The van der Waals surface area contributed by atoms with Crippen LogP contribution in [0.5, 0.6) is 0 Å². The Hall–Kier alpha value is -2.15. The third-order valence-electron chi connectivity index (χ3n) is 1.93. The van der Waals surface area contributed by atoms with Gasteiger partial charge in [0.25, 0.3) is 5.69 Å². The summed E-state index contributed by atoms with van der Waals surface area (Å²) in [4.78, 5) is 10.1. The lowest BCUT2D eigenvalue weighted by Crippen LogP contribution is -2.39. The molecule has 0 unspecified atom stereocenters. The molecule has 0 amide bonds. The summed E-state index contributed by atoms with van der Waals surface area (Å²) >= 11 is 5.00. The van der Waals surface area contributed by atoms with E-state index < -0.39 is 4.92 Å². The number of rotatable bonds is 5. The zero-order valence-electron chi connectivity index (χ0n) is 9.90. The smallest absolute Gasteiger partial charge is 0.271 e. The summed E-state index contributed by atoms with van der Waals surface area (Å²) < 4.78 is 0. The summed E-state index contributed by atoms with van der Waals surface area (Å²) in [6, 6.07) is 6.12. The van der Waals surface area contributed by atoms with Crippen LogP contribution in [0.4, 0.5) is 11.4 Å². The van der Waals surface area contributed by atoms with E-state index in [4.69, 9.17) is 12.2 Å². The predicted molar refractivity (Wildman–Crippen MR) is 75.3 cm³/mol. The molecular weight excluding hydrogens is 252 g/mol. The topological polar surface area (TPSA) is 79.2 Å². The molecule has 96 valence electrons. The lowest BCUT2D eigenvalue weighted by molar-refractivity contribution is -0.384. The second kappa shape index (κ2) is 6.55. The van der Waals surface area contributed by atoms with Crippen LogP contribution in [-0.4, -0.2) is 16.6 Å². The molecule has 0 aliphatic heterocycles. The van der Waals surface area contributed by atoms with E-state index in [1.807, 2.05) is 6.92 Å². The first kappa shape index (κ1) is 13.9. The average Bonchev–Trinajstić information content (AvgIpc) is 2.34. The Morgan fingerprint density at radius 2 is 2.28 bits per heavy atom. The largest absolute Gasteiger partial charge is 0.358 e. The van der Waals surface area contributed by atoms with Crippen LogP contribution >= 0.6 is 12.2 Å². The standard InChI is InChI=1S/C11H14N4O2S/c1-8(2)7-12-11(18)14-13-9-4-3-5-10(6-9)15(16)17/h3-6,13H,1,7H2,2H3,(H2,12,14,18). The summed E-state index contributed by atoms with van der Waals surface area (Å²) in [7, 11) is 0. The minimum Gasteiger partial charge on any atom is -0.358 e. The molecule has 3 N–H and O–H groups in total. The van der Waals surface area contributed by atoms with E-state index >= 15 is 0 Å². The number of non-ortho nitro benzene ring substituents is 1. The molecule has 0 aromatic heterocycles. The van der Waals surface area contributed by atoms with Gasteiger partial charge in [-0.2, -0.15) is 0 Å².